The van der Waals surface area contributed by atoms with Crippen LogP contribution in [0.3, 0.4) is 0 Å². The van der Waals surface area contributed by atoms with Gasteiger partial charge in [-0.25, -0.2) is 9.97 Å². The first-order chi connectivity index (χ1) is 16.7. The number of hydrogen-bond acceptors (Lipinski definition) is 7. The third-order valence-electron chi connectivity index (χ3n) is 6.29. The number of thiazole rings is 1. The van der Waals surface area contributed by atoms with Gasteiger partial charge in [-0.05, 0) is 36.8 Å². The Morgan fingerprint density at radius 3 is 2.76 bits per heavy atom. The second-order valence-electron chi connectivity index (χ2n) is 8.55. The van der Waals surface area contributed by atoms with E-state index in [0.29, 0.717) is 13.0 Å². The molecule has 8 nitrogen and oxygen atoms in total. The van der Waals surface area contributed by atoms with Crippen LogP contribution in [-0.2, 0) is 11.2 Å². The highest BCUT2D eigenvalue weighted by Gasteiger charge is 2.30. The number of carbonyl (C=O) groups is 1. The van der Waals surface area contributed by atoms with E-state index < -0.39 is 0 Å². The highest BCUT2D eigenvalue weighted by Crippen LogP contribution is 2.34. The molecule has 0 radical (unpaired) electrons. The van der Waals surface area contributed by atoms with Crippen molar-refractivity contribution in [3.05, 3.63) is 65.9 Å². The molecule has 2 aromatic carbocycles. The first-order valence-corrected chi connectivity index (χ1v) is 12.2. The minimum Gasteiger partial charge on any atom is -0.358 e. The van der Waals surface area contributed by atoms with Crippen molar-refractivity contribution in [3.63, 3.8) is 0 Å². The fourth-order valence-electron chi connectivity index (χ4n) is 4.60. The number of carbonyl (C=O) groups excluding carboxylic acids is 1. The first-order valence-electron chi connectivity index (χ1n) is 11.3. The summed E-state index contributed by atoms with van der Waals surface area (Å²) in [6.07, 6.45) is 3.72. The Labute approximate surface area is 200 Å². The van der Waals surface area contributed by atoms with Gasteiger partial charge in [0.15, 0.2) is 5.82 Å². The summed E-state index contributed by atoms with van der Waals surface area (Å²) in [5, 5.41) is 1.09. The molecule has 170 valence electrons. The number of imidazole rings is 1. The highest BCUT2D eigenvalue weighted by molar-refractivity contribution is 7.14. The molecule has 34 heavy (non-hydrogen) atoms. The van der Waals surface area contributed by atoms with Gasteiger partial charge in [-0.2, -0.15) is 0 Å². The molecular formula is C25H23N7OS. The maximum Gasteiger partial charge on any atom is 0.227 e. The Morgan fingerprint density at radius 1 is 1.06 bits per heavy atom. The van der Waals surface area contributed by atoms with Crippen molar-refractivity contribution in [1.82, 2.24) is 29.8 Å². The van der Waals surface area contributed by atoms with Gasteiger partial charge in [-0.15, -0.1) is 11.3 Å². The molecule has 0 spiro atoms. The number of benzene rings is 2. The number of aromatic nitrogens is 5. The van der Waals surface area contributed by atoms with Gasteiger partial charge in [0.05, 0.1) is 34.0 Å². The number of aromatic amines is 1. The minimum absolute atomic E-state index is 0.0899. The molecule has 0 bridgehead atoms. The molecule has 1 aliphatic rings. The van der Waals surface area contributed by atoms with Gasteiger partial charge in [0.2, 0.25) is 5.91 Å². The topological polar surface area (TPSA) is 90.9 Å². The Bertz CT molecular complexity index is 1460. The van der Waals surface area contributed by atoms with E-state index in [1.165, 1.54) is 0 Å². The fourth-order valence-corrected chi connectivity index (χ4v) is 5.43. The standard InChI is InChI=1S/C25H23N7OS/c1-16-14-31(25-23(28-15-34-25)24-29-19-4-2-3-5-20(19)30-24)10-11-32(16)22(33)13-17-6-7-18-21(12-17)27-9-8-26-18/h2-9,12,15-16H,10-11,13-14H2,1H3,(H,29,30)/t16-/m1/s1. The molecule has 1 saturated heterocycles. The third kappa shape index (κ3) is 3.77. The predicted octanol–water partition coefficient (Wildman–Crippen LogP) is 3.91. The van der Waals surface area contributed by atoms with Crippen LogP contribution in [0.1, 0.15) is 12.5 Å². The van der Waals surface area contributed by atoms with E-state index >= 15 is 0 Å². The lowest BCUT2D eigenvalue weighted by atomic mass is 10.1. The maximum atomic E-state index is 13.1. The number of hydrogen-bond donors (Lipinski definition) is 1. The number of rotatable bonds is 4. The lowest BCUT2D eigenvalue weighted by molar-refractivity contribution is -0.132. The summed E-state index contributed by atoms with van der Waals surface area (Å²) in [4.78, 5) is 38.8. The molecule has 0 saturated carbocycles. The van der Waals surface area contributed by atoms with Gasteiger partial charge in [-0.1, -0.05) is 18.2 Å². The molecule has 1 aliphatic heterocycles. The molecule has 1 amide bonds. The molecule has 6 rings (SSSR count). The van der Waals surface area contributed by atoms with E-state index in [2.05, 4.69) is 31.8 Å². The molecule has 5 aromatic rings. The second kappa shape index (κ2) is 8.49. The van der Waals surface area contributed by atoms with Crippen LogP contribution in [-0.4, -0.2) is 61.4 Å². The molecule has 1 fully saturated rings. The Hall–Kier alpha value is -3.85. The summed E-state index contributed by atoms with van der Waals surface area (Å²) < 4.78 is 0. The average Bonchev–Trinajstić information content (AvgIpc) is 3.51. The quantitative estimate of drug-likeness (QED) is 0.429. The summed E-state index contributed by atoms with van der Waals surface area (Å²) in [6.45, 7) is 4.29. The molecule has 0 aliphatic carbocycles. The van der Waals surface area contributed by atoms with Crippen LogP contribution in [0.4, 0.5) is 5.00 Å². The van der Waals surface area contributed by atoms with Crippen LogP contribution in [0.5, 0.6) is 0 Å². The third-order valence-corrected chi connectivity index (χ3v) is 7.17. The van der Waals surface area contributed by atoms with Gasteiger partial charge >= 0.3 is 0 Å². The number of H-pyrrole nitrogens is 1. The maximum absolute atomic E-state index is 13.1. The van der Waals surface area contributed by atoms with Crippen molar-refractivity contribution in [2.75, 3.05) is 24.5 Å². The number of nitrogens with zero attached hydrogens (tertiary/aromatic N) is 6. The van der Waals surface area contributed by atoms with Crippen molar-refractivity contribution in [2.24, 2.45) is 0 Å². The van der Waals surface area contributed by atoms with Gasteiger partial charge in [0.1, 0.15) is 10.7 Å². The van der Waals surface area contributed by atoms with E-state index in [9.17, 15) is 4.79 Å². The van der Waals surface area contributed by atoms with Crippen molar-refractivity contribution in [2.45, 2.75) is 19.4 Å². The highest BCUT2D eigenvalue weighted by atomic mass is 32.1. The van der Waals surface area contributed by atoms with Gasteiger partial charge in [-0.3, -0.25) is 14.8 Å². The van der Waals surface area contributed by atoms with Gasteiger partial charge < -0.3 is 14.8 Å². The zero-order valence-corrected chi connectivity index (χ0v) is 19.5. The van der Waals surface area contributed by atoms with Crippen molar-refractivity contribution >= 4 is 44.3 Å². The number of para-hydroxylation sites is 2. The van der Waals surface area contributed by atoms with Crippen molar-refractivity contribution < 1.29 is 4.79 Å². The van der Waals surface area contributed by atoms with Crippen LogP contribution in [0, 0.1) is 0 Å². The van der Waals surface area contributed by atoms with Gasteiger partial charge in [0, 0.05) is 38.1 Å². The van der Waals surface area contributed by atoms with E-state index in [1.54, 1.807) is 23.7 Å². The lowest BCUT2D eigenvalue weighted by Crippen LogP contribution is -2.54. The Kier molecular flexibility index (Phi) is 5.18. The van der Waals surface area contributed by atoms with Gasteiger partial charge in [0.25, 0.3) is 0 Å². The predicted molar refractivity (Wildman–Crippen MR) is 134 cm³/mol. The summed E-state index contributed by atoms with van der Waals surface area (Å²) >= 11 is 1.61. The normalized spacial score (nSPS) is 16.4. The van der Waals surface area contributed by atoms with Crippen molar-refractivity contribution in [3.8, 4) is 11.5 Å². The zero-order valence-electron chi connectivity index (χ0n) is 18.7. The molecule has 1 atom stereocenters. The first kappa shape index (κ1) is 20.7. The Balaban J connectivity index is 1.17. The van der Waals surface area contributed by atoms with Crippen molar-refractivity contribution in [1.29, 1.82) is 0 Å². The van der Waals surface area contributed by atoms with E-state index in [1.807, 2.05) is 52.9 Å². The van der Waals surface area contributed by atoms with Crippen LogP contribution in [0.15, 0.2) is 60.4 Å². The van der Waals surface area contributed by atoms with Crippen LogP contribution in [0.2, 0.25) is 0 Å². The zero-order chi connectivity index (χ0) is 23.1. The number of fused-ring (bicyclic) bond motifs is 2. The monoisotopic (exact) mass is 469 g/mol. The minimum atomic E-state index is 0.0899. The number of amides is 1. The molecule has 9 heteroatoms. The molecule has 1 N–H and O–H groups in total. The van der Waals surface area contributed by atoms with E-state index in [4.69, 9.17) is 4.98 Å². The van der Waals surface area contributed by atoms with E-state index in [0.717, 1.165) is 57.2 Å². The van der Waals surface area contributed by atoms with E-state index in [-0.39, 0.29) is 11.9 Å². The average molecular weight is 470 g/mol. The number of nitrogens with one attached hydrogen (secondary N) is 1. The number of anilines is 1. The van der Waals surface area contributed by atoms with Crippen LogP contribution >= 0.6 is 11.3 Å². The molecule has 4 heterocycles. The largest absolute Gasteiger partial charge is 0.358 e. The van der Waals surface area contributed by atoms with Crippen LogP contribution < -0.4 is 4.90 Å². The summed E-state index contributed by atoms with van der Waals surface area (Å²) in [7, 11) is 0. The second-order valence-corrected chi connectivity index (χ2v) is 9.38. The summed E-state index contributed by atoms with van der Waals surface area (Å²) in [6, 6.07) is 13.9. The summed E-state index contributed by atoms with van der Waals surface area (Å²) in [5.74, 6) is 0.917. The summed E-state index contributed by atoms with van der Waals surface area (Å²) in [5.41, 5.74) is 7.27. The lowest BCUT2D eigenvalue weighted by Gasteiger charge is -2.40. The smallest absolute Gasteiger partial charge is 0.227 e. The fraction of sp³-hybridized carbons (Fsp3) is 0.240. The number of piperazine rings is 1. The Morgan fingerprint density at radius 2 is 1.91 bits per heavy atom. The molecule has 0 unspecified atom stereocenters. The SMILES string of the molecule is C[C@@H]1CN(c2scnc2-c2nc3ccccc3[nH]2)CCN1C(=O)Cc1ccc2nccnc2c1. The van der Waals surface area contributed by atoms with Crippen LogP contribution in [0.25, 0.3) is 33.6 Å². The molecule has 3 aromatic heterocycles. The molecular weight excluding hydrogens is 446 g/mol.